The lowest BCUT2D eigenvalue weighted by Gasteiger charge is -2.12. The lowest BCUT2D eigenvalue weighted by atomic mass is 10.0. The Labute approximate surface area is 117 Å². The molecule has 104 valence electrons. The zero-order valence-corrected chi connectivity index (χ0v) is 12.7. The smallest absolute Gasteiger partial charge is 0.0397 e. The minimum Gasteiger partial charge on any atom is -0.374 e. The third-order valence-electron chi connectivity index (χ3n) is 3.79. The number of rotatable bonds is 5. The lowest BCUT2D eigenvalue weighted by Crippen LogP contribution is -2.24. The van der Waals surface area contributed by atoms with Crippen LogP contribution in [-0.2, 0) is 6.42 Å². The summed E-state index contributed by atoms with van der Waals surface area (Å²) in [5.41, 5.74) is 5.70. The van der Waals surface area contributed by atoms with E-state index < -0.39 is 0 Å². The summed E-state index contributed by atoms with van der Waals surface area (Å²) in [4.78, 5) is 2.34. The average Bonchev–Trinajstić information content (AvgIpc) is 2.75. The highest BCUT2D eigenvalue weighted by Crippen LogP contribution is 2.28. The van der Waals surface area contributed by atoms with Crippen molar-refractivity contribution in [1.82, 2.24) is 5.32 Å². The van der Waals surface area contributed by atoms with E-state index in [4.69, 9.17) is 0 Å². The molecule has 0 bridgehead atoms. The molecule has 2 nitrogen and oxygen atoms in total. The molecule has 0 saturated heterocycles. The maximum absolute atomic E-state index is 3.50. The van der Waals surface area contributed by atoms with Gasteiger partial charge >= 0.3 is 0 Å². The van der Waals surface area contributed by atoms with Crippen molar-refractivity contribution in [3.63, 3.8) is 0 Å². The number of nitrogens with one attached hydrogen (secondary N) is 1. The Morgan fingerprint density at radius 1 is 1.42 bits per heavy atom. The summed E-state index contributed by atoms with van der Waals surface area (Å²) in [7, 11) is 2.17. The maximum atomic E-state index is 3.50. The molecule has 1 N–H and O–H groups in total. The van der Waals surface area contributed by atoms with Crippen molar-refractivity contribution in [3.05, 3.63) is 34.9 Å². The predicted octanol–water partition coefficient (Wildman–Crippen LogP) is 3.47. The number of anilines is 1. The molecule has 0 saturated carbocycles. The third-order valence-corrected chi connectivity index (χ3v) is 3.79. The number of hydrogen-bond acceptors (Lipinski definition) is 2. The zero-order valence-electron chi connectivity index (χ0n) is 12.7. The highest BCUT2D eigenvalue weighted by atomic mass is 15.1. The van der Waals surface area contributed by atoms with E-state index in [1.165, 1.54) is 28.8 Å². The third kappa shape index (κ3) is 3.60. The van der Waals surface area contributed by atoms with Gasteiger partial charge < -0.3 is 10.2 Å². The number of nitrogens with zero attached hydrogens (tertiary/aromatic N) is 1. The highest BCUT2D eigenvalue weighted by molar-refractivity contribution is 5.64. The molecule has 19 heavy (non-hydrogen) atoms. The van der Waals surface area contributed by atoms with Gasteiger partial charge in [-0.15, -0.1) is 0 Å². The van der Waals surface area contributed by atoms with Crippen molar-refractivity contribution < 1.29 is 0 Å². The summed E-state index contributed by atoms with van der Waals surface area (Å²) in [6, 6.07) is 7.40. The van der Waals surface area contributed by atoms with Gasteiger partial charge in [-0.3, -0.25) is 0 Å². The molecule has 0 unspecified atom stereocenters. The van der Waals surface area contributed by atoms with E-state index in [0.29, 0.717) is 6.04 Å². The van der Waals surface area contributed by atoms with Gasteiger partial charge in [0, 0.05) is 31.9 Å². The van der Waals surface area contributed by atoms with Crippen molar-refractivity contribution in [1.29, 1.82) is 0 Å². The number of benzene rings is 1. The lowest BCUT2D eigenvalue weighted by molar-refractivity contribution is 0.617. The quantitative estimate of drug-likeness (QED) is 0.870. The van der Waals surface area contributed by atoms with Gasteiger partial charge in [0.05, 0.1) is 0 Å². The van der Waals surface area contributed by atoms with Gasteiger partial charge in [-0.2, -0.15) is 0 Å². The van der Waals surface area contributed by atoms with Gasteiger partial charge in [-0.1, -0.05) is 38.5 Å². The van der Waals surface area contributed by atoms with Crippen molar-refractivity contribution in [2.24, 2.45) is 0 Å². The molecule has 1 heterocycles. The molecular formula is C17H26N2. The number of fused-ring (bicyclic) bond motifs is 1. The van der Waals surface area contributed by atoms with E-state index in [2.05, 4.69) is 62.3 Å². The molecule has 0 aromatic heterocycles. The molecule has 0 fully saturated rings. The second kappa shape index (κ2) is 6.25. The topological polar surface area (TPSA) is 15.3 Å². The van der Waals surface area contributed by atoms with E-state index in [1.54, 1.807) is 0 Å². The van der Waals surface area contributed by atoms with Crippen LogP contribution in [0, 0.1) is 0 Å². The Hall–Kier alpha value is -1.28. The van der Waals surface area contributed by atoms with Crippen molar-refractivity contribution in [2.75, 3.05) is 25.0 Å². The Morgan fingerprint density at radius 3 is 2.89 bits per heavy atom. The molecule has 2 heteroatoms. The van der Waals surface area contributed by atoms with Crippen LogP contribution in [0.3, 0.4) is 0 Å². The number of hydrogen-bond donors (Lipinski definition) is 1. The van der Waals surface area contributed by atoms with E-state index in [1.807, 2.05) is 0 Å². The Kier molecular flexibility index (Phi) is 4.65. The monoisotopic (exact) mass is 258 g/mol. The summed E-state index contributed by atoms with van der Waals surface area (Å²) >= 11 is 0. The first-order chi connectivity index (χ1) is 9.10. The molecular weight excluding hydrogens is 232 g/mol. The molecule has 1 aromatic carbocycles. The summed E-state index contributed by atoms with van der Waals surface area (Å²) in [5, 5.41) is 3.50. The van der Waals surface area contributed by atoms with Gasteiger partial charge in [-0.05, 0) is 36.1 Å². The standard InChI is InChI=1S/C17H26N2/c1-5-14(12-18-13(2)3)10-15-6-7-17-16(11-15)8-9-19(17)4/h6-7,10-11,13,18H,5,8-9,12H2,1-4H3. The van der Waals surface area contributed by atoms with Crippen LogP contribution in [-0.4, -0.2) is 26.2 Å². The molecule has 1 aliphatic heterocycles. The molecule has 0 atom stereocenters. The van der Waals surface area contributed by atoms with Crippen LogP contribution in [0.5, 0.6) is 0 Å². The molecule has 0 radical (unpaired) electrons. The van der Waals surface area contributed by atoms with Crippen LogP contribution in [0.2, 0.25) is 0 Å². The van der Waals surface area contributed by atoms with Crippen LogP contribution in [0.15, 0.2) is 23.8 Å². The van der Waals surface area contributed by atoms with E-state index in [0.717, 1.165) is 19.5 Å². The molecule has 1 aromatic rings. The summed E-state index contributed by atoms with van der Waals surface area (Å²) in [6.45, 7) is 8.76. The van der Waals surface area contributed by atoms with Crippen LogP contribution in [0.25, 0.3) is 6.08 Å². The minimum atomic E-state index is 0.545. The van der Waals surface area contributed by atoms with Gasteiger partial charge in [0.2, 0.25) is 0 Å². The fraction of sp³-hybridized carbons (Fsp3) is 0.529. The first-order valence-corrected chi connectivity index (χ1v) is 7.37. The maximum Gasteiger partial charge on any atom is 0.0397 e. The molecule has 0 aliphatic carbocycles. The Balaban J connectivity index is 2.13. The first kappa shape index (κ1) is 14.1. The molecule has 2 rings (SSSR count). The van der Waals surface area contributed by atoms with Gasteiger partial charge in [0.25, 0.3) is 0 Å². The zero-order chi connectivity index (χ0) is 13.8. The molecule has 1 aliphatic rings. The van der Waals surface area contributed by atoms with Gasteiger partial charge in [0.15, 0.2) is 0 Å². The predicted molar refractivity (Wildman–Crippen MR) is 84.8 cm³/mol. The van der Waals surface area contributed by atoms with E-state index in [-0.39, 0.29) is 0 Å². The van der Waals surface area contributed by atoms with Crippen LogP contribution >= 0.6 is 0 Å². The van der Waals surface area contributed by atoms with Crippen molar-refractivity contribution in [3.8, 4) is 0 Å². The van der Waals surface area contributed by atoms with Crippen molar-refractivity contribution in [2.45, 2.75) is 39.7 Å². The van der Waals surface area contributed by atoms with E-state index in [9.17, 15) is 0 Å². The second-order valence-electron chi connectivity index (χ2n) is 5.75. The highest BCUT2D eigenvalue weighted by Gasteiger charge is 2.14. The number of likely N-dealkylation sites (N-methyl/N-ethyl adjacent to an activating group) is 1. The fourth-order valence-corrected chi connectivity index (χ4v) is 2.53. The fourth-order valence-electron chi connectivity index (χ4n) is 2.53. The summed E-state index contributed by atoms with van der Waals surface area (Å²) < 4.78 is 0. The summed E-state index contributed by atoms with van der Waals surface area (Å²) in [5.74, 6) is 0. The van der Waals surface area contributed by atoms with Crippen LogP contribution in [0.4, 0.5) is 5.69 Å². The Bertz CT molecular complexity index is 460. The first-order valence-electron chi connectivity index (χ1n) is 7.37. The molecule has 0 spiro atoms. The largest absolute Gasteiger partial charge is 0.374 e. The average molecular weight is 258 g/mol. The van der Waals surface area contributed by atoms with Crippen LogP contribution in [0.1, 0.15) is 38.3 Å². The second-order valence-corrected chi connectivity index (χ2v) is 5.75. The van der Waals surface area contributed by atoms with Gasteiger partial charge in [0.1, 0.15) is 0 Å². The van der Waals surface area contributed by atoms with Crippen molar-refractivity contribution >= 4 is 11.8 Å². The van der Waals surface area contributed by atoms with Crippen LogP contribution < -0.4 is 10.2 Å². The summed E-state index contributed by atoms with van der Waals surface area (Å²) in [6.07, 6.45) is 4.63. The Morgan fingerprint density at radius 2 is 2.21 bits per heavy atom. The normalized spacial score (nSPS) is 15.2. The van der Waals surface area contributed by atoms with Gasteiger partial charge in [-0.25, -0.2) is 0 Å². The SMILES string of the molecule is CCC(=Cc1ccc2c(c1)CCN2C)CNC(C)C. The van der Waals surface area contributed by atoms with E-state index >= 15 is 0 Å². The minimum absolute atomic E-state index is 0.545. The molecule has 0 amide bonds.